The summed E-state index contributed by atoms with van der Waals surface area (Å²) in [5, 5.41) is 0.373. The molecule has 14 heavy (non-hydrogen) atoms. The maximum Gasteiger partial charge on any atom is 0.0666 e. The Labute approximate surface area is 92.2 Å². The van der Waals surface area contributed by atoms with E-state index in [-0.39, 0.29) is 5.60 Å². The molecule has 0 heterocycles. The van der Waals surface area contributed by atoms with Crippen molar-refractivity contribution < 1.29 is 4.74 Å². The maximum atomic E-state index is 6.36. The summed E-state index contributed by atoms with van der Waals surface area (Å²) in [6.45, 7) is 6.41. The number of hydrogen-bond acceptors (Lipinski definition) is 1. The van der Waals surface area contributed by atoms with E-state index in [1.54, 1.807) is 0 Å². The number of alkyl halides is 1. The van der Waals surface area contributed by atoms with E-state index in [0.29, 0.717) is 16.9 Å². The molecule has 1 spiro atoms. The first kappa shape index (κ1) is 10.8. The molecule has 2 fully saturated rings. The van der Waals surface area contributed by atoms with Gasteiger partial charge in [-0.15, -0.1) is 11.6 Å². The molecule has 0 aliphatic heterocycles. The molecule has 0 aromatic heterocycles. The van der Waals surface area contributed by atoms with Gasteiger partial charge in [-0.1, -0.05) is 12.8 Å². The maximum absolute atomic E-state index is 6.36. The van der Waals surface area contributed by atoms with Crippen molar-refractivity contribution in [3.63, 3.8) is 0 Å². The van der Waals surface area contributed by atoms with E-state index in [9.17, 15) is 0 Å². The second-order valence-electron chi connectivity index (χ2n) is 5.86. The monoisotopic (exact) mass is 216 g/mol. The van der Waals surface area contributed by atoms with Gasteiger partial charge in [0.1, 0.15) is 0 Å². The van der Waals surface area contributed by atoms with Gasteiger partial charge in [0.05, 0.1) is 11.7 Å². The first-order chi connectivity index (χ1) is 6.44. The number of rotatable bonds is 1. The van der Waals surface area contributed by atoms with E-state index in [1.165, 1.54) is 25.7 Å². The summed E-state index contributed by atoms with van der Waals surface area (Å²) in [5.41, 5.74) is 0.326. The van der Waals surface area contributed by atoms with Crippen LogP contribution in [0.4, 0.5) is 0 Å². The van der Waals surface area contributed by atoms with Gasteiger partial charge in [0.2, 0.25) is 0 Å². The molecule has 0 bridgehead atoms. The number of halogens is 1. The molecular formula is C12H21ClO. The third-order valence-corrected chi connectivity index (χ3v) is 4.33. The molecule has 0 aromatic carbocycles. The Morgan fingerprint density at radius 3 is 2.21 bits per heavy atom. The van der Waals surface area contributed by atoms with Crippen molar-refractivity contribution in [3.8, 4) is 0 Å². The van der Waals surface area contributed by atoms with Gasteiger partial charge in [-0.05, 0) is 40.0 Å². The molecule has 2 unspecified atom stereocenters. The minimum atomic E-state index is -0.0166. The number of hydrogen-bond donors (Lipinski definition) is 0. The lowest BCUT2D eigenvalue weighted by atomic mass is 9.64. The van der Waals surface area contributed by atoms with Crippen LogP contribution < -0.4 is 0 Å². The van der Waals surface area contributed by atoms with Crippen LogP contribution in [0.2, 0.25) is 0 Å². The van der Waals surface area contributed by atoms with E-state index in [4.69, 9.17) is 16.3 Å². The fourth-order valence-corrected chi connectivity index (χ4v) is 3.48. The lowest BCUT2D eigenvalue weighted by Crippen LogP contribution is -2.56. The van der Waals surface area contributed by atoms with Gasteiger partial charge in [-0.25, -0.2) is 0 Å². The van der Waals surface area contributed by atoms with Gasteiger partial charge in [0, 0.05) is 10.8 Å². The van der Waals surface area contributed by atoms with E-state index in [0.717, 1.165) is 6.42 Å². The standard InChI is InChI=1S/C12H21ClO/c1-11(2,3)14-10-8-9(13)12(10)6-4-5-7-12/h9-10H,4-8H2,1-3H3. The zero-order chi connectivity index (χ0) is 10.4. The predicted molar refractivity (Wildman–Crippen MR) is 59.8 cm³/mol. The molecule has 2 aliphatic carbocycles. The molecule has 82 valence electrons. The van der Waals surface area contributed by atoms with Crippen LogP contribution in [0.15, 0.2) is 0 Å². The predicted octanol–water partition coefficient (Wildman–Crippen LogP) is 3.74. The van der Waals surface area contributed by atoms with Gasteiger partial charge in [-0.3, -0.25) is 0 Å². The van der Waals surface area contributed by atoms with Crippen LogP contribution in [0.25, 0.3) is 0 Å². The smallest absolute Gasteiger partial charge is 0.0666 e. The average Bonchev–Trinajstić information content (AvgIpc) is 2.51. The van der Waals surface area contributed by atoms with Crippen LogP contribution in [0.3, 0.4) is 0 Å². The highest BCUT2D eigenvalue weighted by atomic mass is 35.5. The zero-order valence-corrected chi connectivity index (χ0v) is 10.2. The van der Waals surface area contributed by atoms with Crippen molar-refractivity contribution in [3.05, 3.63) is 0 Å². The summed E-state index contributed by atoms with van der Waals surface area (Å²) in [5.74, 6) is 0. The molecule has 0 saturated heterocycles. The molecule has 0 N–H and O–H groups in total. The molecule has 2 rings (SSSR count). The van der Waals surface area contributed by atoms with E-state index >= 15 is 0 Å². The molecule has 2 heteroatoms. The molecule has 0 aromatic rings. The Balaban J connectivity index is 2.01. The largest absolute Gasteiger partial charge is 0.372 e. The Kier molecular flexibility index (Phi) is 2.60. The summed E-state index contributed by atoms with van der Waals surface area (Å²) >= 11 is 6.36. The van der Waals surface area contributed by atoms with Crippen LogP contribution in [-0.4, -0.2) is 17.1 Å². The summed E-state index contributed by atoms with van der Waals surface area (Å²) in [7, 11) is 0. The fraction of sp³-hybridized carbons (Fsp3) is 1.00. The van der Waals surface area contributed by atoms with Crippen LogP contribution in [-0.2, 0) is 4.74 Å². The lowest BCUT2D eigenvalue weighted by Gasteiger charge is -2.53. The molecule has 2 saturated carbocycles. The molecule has 0 amide bonds. The highest BCUT2D eigenvalue weighted by Gasteiger charge is 2.56. The van der Waals surface area contributed by atoms with Gasteiger partial charge < -0.3 is 4.74 Å². The first-order valence-corrected chi connectivity index (χ1v) is 6.20. The zero-order valence-electron chi connectivity index (χ0n) is 9.48. The number of ether oxygens (including phenoxy) is 1. The van der Waals surface area contributed by atoms with Crippen LogP contribution in [0, 0.1) is 5.41 Å². The highest BCUT2D eigenvalue weighted by molar-refractivity contribution is 6.21. The van der Waals surface area contributed by atoms with Crippen molar-refractivity contribution in [2.24, 2.45) is 5.41 Å². The molecule has 2 aliphatic rings. The normalized spacial score (nSPS) is 36.0. The second-order valence-corrected chi connectivity index (χ2v) is 6.39. The van der Waals surface area contributed by atoms with Crippen molar-refractivity contribution in [2.75, 3.05) is 0 Å². The SMILES string of the molecule is CC(C)(C)OC1CC(Cl)C12CCCC2. The van der Waals surface area contributed by atoms with E-state index < -0.39 is 0 Å². The average molecular weight is 217 g/mol. The van der Waals surface area contributed by atoms with Gasteiger partial charge in [0.25, 0.3) is 0 Å². The van der Waals surface area contributed by atoms with E-state index in [2.05, 4.69) is 20.8 Å². The Morgan fingerprint density at radius 2 is 1.79 bits per heavy atom. The quantitative estimate of drug-likeness (QED) is 0.607. The summed E-state index contributed by atoms with van der Waals surface area (Å²) < 4.78 is 6.10. The molecule has 0 radical (unpaired) electrons. The van der Waals surface area contributed by atoms with Crippen LogP contribution >= 0.6 is 11.6 Å². The van der Waals surface area contributed by atoms with Crippen molar-refractivity contribution in [1.82, 2.24) is 0 Å². The van der Waals surface area contributed by atoms with Crippen molar-refractivity contribution in [1.29, 1.82) is 0 Å². The third kappa shape index (κ3) is 1.69. The van der Waals surface area contributed by atoms with Gasteiger partial charge >= 0.3 is 0 Å². The second kappa shape index (κ2) is 3.38. The molecule has 1 nitrogen and oxygen atoms in total. The fourth-order valence-electron chi connectivity index (χ4n) is 2.96. The van der Waals surface area contributed by atoms with Gasteiger partial charge in [-0.2, -0.15) is 0 Å². The molecule has 2 atom stereocenters. The Bertz CT molecular complexity index is 213. The Morgan fingerprint density at radius 1 is 1.21 bits per heavy atom. The summed E-state index contributed by atoms with van der Waals surface area (Å²) in [6, 6.07) is 0. The van der Waals surface area contributed by atoms with E-state index in [1.807, 2.05) is 0 Å². The first-order valence-electron chi connectivity index (χ1n) is 5.76. The van der Waals surface area contributed by atoms with Crippen molar-refractivity contribution >= 4 is 11.6 Å². The third-order valence-electron chi connectivity index (χ3n) is 3.72. The topological polar surface area (TPSA) is 9.23 Å². The van der Waals surface area contributed by atoms with Crippen LogP contribution in [0.5, 0.6) is 0 Å². The molecular weight excluding hydrogens is 196 g/mol. The lowest BCUT2D eigenvalue weighted by molar-refractivity contribution is -0.164. The van der Waals surface area contributed by atoms with Gasteiger partial charge in [0.15, 0.2) is 0 Å². The summed E-state index contributed by atoms with van der Waals surface area (Å²) in [4.78, 5) is 0. The van der Waals surface area contributed by atoms with Crippen molar-refractivity contribution in [2.45, 2.75) is 70.0 Å². The summed E-state index contributed by atoms with van der Waals surface area (Å²) in [6.07, 6.45) is 6.72. The minimum absolute atomic E-state index is 0.0166. The highest BCUT2D eigenvalue weighted by Crippen LogP contribution is 2.57. The Hall–Kier alpha value is 0.250. The van der Waals surface area contributed by atoms with Crippen LogP contribution in [0.1, 0.15) is 52.9 Å². The minimum Gasteiger partial charge on any atom is -0.372 e.